The van der Waals surface area contributed by atoms with E-state index in [1.165, 1.54) is 18.4 Å². The van der Waals surface area contributed by atoms with Crippen molar-refractivity contribution in [3.05, 3.63) is 41.0 Å². The van der Waals surface area contributed by atoms with E-state index in [4.69, 9.17) is 4.74 Å². The van der Waals surface area contributed by atoms with Gasteiger partial charge in [-0.15, -0.1) is 0 Å². The first-order valence-corrected chi connectivity index (χ1v) is 5.97. The number of hydrogen-bond acceptors (Lipinski definition) is 2. The summed E-state index contributed by atoms with van der Waals surface area (Å²) in [5.41, 5.74) is 2.81. The third-order valence-electron chi connectivity index (χ3n) is 2.45. The fourth-order valence-corrected chi connectivity index (χ4v) is 1.50. The van der Waals surface area contributed by atoms with Gasteiger partial charge in [0.1, 0.15) is 5.60 Å². The third kappa shape index (κ3) is 3.74. The highest BCUT2D eigenvalue weighted by atomic mass is 16.6. The highest BCUT2D eigenvalue weighted by Crippen LogP contribution is 2.30. The lowest BCUT2D eigenvalue weighted by atomic mass is 10.1. The van der Waals surface area contributed by atoms with Crippen molar-refractivity contribution in [3.63, 3.8) is 0 Å². The van der Waals surface area contributed by atoms with E-state index < -0.39 is 5.60 Å². The van der Waals surface area contributed by atoms with Gasteiger partial charge in [-0.1, -0.05) is 23.8 Å². The van der Waals surface area contributed by atoms with Gasteiger partial charge in [-0.3, -0.25) is 0 Å². The Morgan fingerprint density at radius 1 is 1.18 bits per heavy atom. The Morgan fingerprint density at radius 3 is 2.24 bits per heavy atom. The molecule has 0 heterocycles. The third-order valence-corrected chi connectivity index (χ3v) is 2.45. The van der Waals surface area contributed by atoms with E-state index in [-0.39, 0.29) is 5.97 Å². The number of allylic oxidation sites excluding steroid dienone is 1. The molecule has 1 aliphatic carbocycles. The maximum atomic E-state index is 11.8. The molecule has 1 aromatic carbocycles. The van der Waals surface area contributed by atoms with Gasteiger partial charge in [0.05, 0.1) is 5.56 Å². The summed E-state index contributed by atoms with van der Waals surface area (Å²) in [6, 6.07) is 7.57. The van der Waals surface area contributed by atoms with E-state index in [9.17, 15) is 4.79 Å². The second-order valence-electron chi connectivity index (χ2n) is 5.43. The summed E-state index contributed by atoms with van der Waals surface area (Å²) in [6.07, 6.45) is 4.61. The van der Waals surface area contributed by atoms with Crippen LogP contribution in [0.1, 0.15) is 49.5 Å². The van der Waals surface area contributed by atoms with Crippen molar-refractivity contribution in [3.8, 4) is 0 Å². The lowest BCUT2D eigenvalue weighted by Gasteiger charge is -2.19. The summed E-state index contributed by atoms with van der Waals surface area (Å²) in [4.78, 5) is 11.8. The minimum Gasteiger partial charge on any atom is -0.456 e. The molecule has 0 spiro atoms. The van der Waals surface area contributed by atoms with Gasteiger partial charge in [-0.25, -0.2) is 4.79 Å². The second kappa shape index (κ2) is 4.36. The number of carbonyl (C=O) groups excluding carboxylic acids is 1. The first-order valence-electron chi connectivity index (χ1n) is 5.97. The van der Waals surface area contributed by atoms with Crippen molar-refractivity contribution in [2.24, 2.45) is 0 Å². The molecule has 0 N–H and O–H groups in total. The minimum absolute atomic E-state index is 0.261. The quantitative estimate of drug-likeness (QED) is 0.722. The molecule has 2 nitrogen and oxygen atoms in total. The maximum Gasteiger partial charge on any atom is 0.338 e. The number of esters is 1. The maximum absolute atomic E-state index is 11.8. The summed E-state index contributed by atoms with van der Waals surface area (Å²) in [5.74, 6) is -0.261. The zero-order chi connectivity index (χ0) is 12.5. The molecule has 1 saturated carbocycles. The normalized spacial score (nSPS) is 14.4. The van der Waals surface area contributed by atoms with Crippen LogP contribution in [0.5, 0.6) is 0 Å². The summed E-state index contributed by atoms with van der Waals surface area (Å²) in [7, 11) is 0. The van der Waals surface area contributed by atoms with Gasteiger partial charge in [0, 0.05) is 0 Å². The van der Waals surface area contributed by atoms with E-state index >= 15 is 0 Å². The molecule has 2 rings (SSSR count). The summed E-state index contributed by atoms with van der Waals surface area (Å²) >= 11 is 0. The number of ether oxygens (including phenoxy) is 1. The number of carbonyl (C=O) groups is 1. The monoisotopic (exact) mass is 230 g/mol. The standard InChI is InChI=1S/C15H18O2/c1-15(2,3)17-14(16)13-8-6-12(7-9-13)10-11-4-5-11/h6-10H,4-5H2,1-3H3. The molecule has 2 heteroatoms. The lowest BCUT2D eigenvalue weighted by molar-refractivity contribution is 0.00696. The molecule has 0 aromatic heterocycles. The SMILES string of the molecule is CC(C)(C)OC(=O)c1ccc(C=C2CC2)cc1. The van der Waals surface area contributed by atoms with Crippen LogP contribution in [0.15, 0.2) is 29.8 Å². The van der Waals surface area contributed by atoms with Crippen LogP contribution in [0.4, 0.5) is 0 Å². The Hall–Kier alpha value is -1.57. The molecule has 90 valence electrons. The van der Waals surface area contributed by atoms with Gasteiger partial charge in [0.2, 0.25) is 0 Å². The highest BCUT2D eigenvalue weighted by Gasteiger charge is 2.17. The fraction of sp³-hybridized carbons (Fsp3) is 0.400. The number of rotatable bonds is 2. The van der Waals surface area contributed by atoms with Crippen molar-refractivity contribution in [2.45, 2.75) is 39.2 Å². The molecule has 1 aliphatic rings. The zero-order valence-electron chi connectivity index (χ0n) is 10.6. The van der Waals surface area contributed by atoms with Crippen molar-refractivity contribution < 1.29 is 9.53 Å². The Morgan fingerprint density at radius 2 is 1.76 bits per heavy atom. The fourth-order valence-electron chi connectivity index (χ4n) is 1.50. The Kier molecular flexibility index (Phi) is 3.05. The zero-order valence-corrected chi connectivity index (χ0v) is 10.6. The van der Waals surface area contributed by atoms with E-state index in [2.05, 4.69) is 6.08 Å². The van der Waals surface area contributed by atoms with E-state index in [0.29, 0.717) is 5.56 Å². The first kappa shape index (κ1) is 11.9. The van der Waals surface area contributed by atoms with Gasteiger partial charge in [-0.05, 0) is 51.3 Å². The van der Waals surface area contributed by atoms with Crippen molar-refractivity contribution >= 4 is 12.0 Å². The number of hydrogen-bond donors (Lipinski definition) is 0. The second-order valence-corrected chi connectivity index (χ2v) is 5.43. The molecule has 17 heavy (non-hydrogen) atoms. The number of benzene rings is 1. The molecule has 1 aromatic rings. The van der Waals surface area contributed by atoms with Crippen molar-refractivity contribution in [1.82, 2.24) is 0 Å². The largest absolute Gasteiger partial charge is 0.456 e. The van der Waals surface area contributed by atoms with Crippen molar-refractivity contribution in [1.29, 1.82) is 0 Å². The summed E-state index contributed by atoms with van der Waals surface area (Å²) in [6.45, 7) is 5.62. The summed E-state index contributed by atoms with van der Waals surface area (Å²) in [5, 5.41) is 0. The van der Waals surface area contributed by atoms with Crippen LogP contribution in [0, 0.1) is 0 Å². The van der Waals surface area contributed by atoms with Gasteiger partial charge < -0.3 is 4.74 Å². The van der Waals surface area contributed by atoms with E-state index in [1.54, 1.807) is 0 Å². The van der Waals surface area contributed by atoms with E-state index in [1.807, 2.05) is 45.0 Å². The molecule has 0 bridgehead atoms. The Bertz CT molecular complexity index is 441. The molecule has 0 aliphatic heterocycles. The van der Waals surface area contributed by atoms with Crippen molar-refractivity contribution in [2.75, 3.05) is 0 Å². The molecule has 0 amide bonds. The van der Waals surface area contributed by atoms with Crippen LogP contribution in [-0.4, -0.2) is 11.6 Å². The molecule has 0 saturated heterocycles. The van der Waals surface area contributed by atoms with Crippen LogP contribution in [0.3, 0.4) is 0 Å². The summed E-state index contributed by atoms with van der Waals surface area (Å²) < 4.78 is 5.30. The van der Waals surface area contributed by atoms with E-state index in [0.717, 1.165) is 5.56 Å². The molecular formula is C15H18O2. The van der Waals surface area contributed by atoms with Crippen LogP contribution in [0.2, 0.25) is 0 Å². The molecule has 1 fully saturated rings. The minimum atomic E-state index is -0.439. The van der Waals surface area contributed by atoms with Gasteiger partial charge in [-0.2, -0.15) is 0 Å². The molecule has 0 radical (unpaired) electrons. The van der Waals surface area contributed by atoms with Gasteiger partial charge >= 0.3 is 5.97 Å². The van der Waals surface area contributed by atoms with Crippen LogP contribution in [-0.2, 0) is 4.74 Å². The van der Waals surface area contributed by atoms with Gasteiger partial charge in [0.25, 0.3) is 0 Å². The smallest absolute Gasteiger partial charge is 0.338 e. The molecular weight excluding hydrogens is 212 g/mol. The predicted molar refractivity (Wildman–Crippen MR) is 68.8 cm³/mol. The van der Waals surface area contributed by atoms with Gasteiger partial charge in [0.15, 0.2) is 0 Å². The average molecular weight is 230 g/mol. The predicted octanol–water partition coefficient (Wildman–Crippen LogP) is 3.82. The Balaban J connectivity index is 2.07. The topological polar surface area (TPSA) is 26.3 Å². The van der Waals surface area contributed by atoms with Crippen LogP contribution < -0.4 is 0 Å². The highest BCUT2D eigenvalue weighted by molar-refractivity contribution is 5.89. The lowest BCUT2D eigenvalue weighted by Crippen LogP contribution is -2.23. The van der Waals surface area contributed by atoms with Crippen LogP contribution >= 0.6 is 0 Å². The molecule has 0 unspecified atom stereocenters. The molecule has 0 atom stereocenters. The average Bonchev–Trinajstić information content (AvgIpc) is 3.00. The van der Waals surface area contributed by atoms with Crippen LogP contribution in [0.25, 0.3) is 6.08 Å². The first-order chi connectivity index (χ1) is 7.94. The Labute approximate surface area is 102 Å².